The van der Waals surface area contributed by atoms with E-state index in [1.165, 1.54) is 5.56 Å². The lowest BCUT2D eigenvalue weighted by Crippen LogP contribution is -2.49. The summed E-state index contributed by atoms with van der Waals surface area (Å²) >= 11 is 0. The van der Waals surface area contributed by atoms with Crippen molar-refractivity contribution in [1.82, 2.24) is 24.3 Å². The molecule has 1 amide bonds. The van der Waals surface area contributed by atoms with Gasteiger partial charge in [0.25, 0.3) is 0 Å². The second-order valence-corrected chi connectivity index (χ2v) is 8.59. The highest BCUT2D eigenvalue weighted by molar-refractivity contribution is 5.76. The molecule has 1 aliphatic heterocycles. The monoisotopic (exact) mass is 444 g/mol. The summed E-state index contributed by atoms with van der Waals surface area (Å²) in [5, 5.41) is 8.81. The van der Waals surface area contributed by atoms with E-state index in [9.17, 15) is 4.79 Å². The summed E-state index contributed by atoms with van der Waals surface area (Å²) in [6.07, 6.45) is 7.23. The van der Waals surface area contributed by atoms with Gasteiger partial charge in [0.05, 0.1) is 23.6 Å². The molecule has 4 aromatic rings. The molecular formula is C25H28N6O2. The first kappa shape index (κ1) is 21.1. The predicted octanol–water partition coefficient (Wildman–Crippen LogP) is 4.06. The zero-order valence-corrected chi connectivity index (χ0v) is 19.2. The normalized spacial score (nSPS) is 15.1. The maximum atomic E-state index is 12.7. The number of hydrogen-bond acceptors (Lipinski definition) is 5. The van der Waals surface area contributed by atoms with Crippen molar-refractivity contribution in [2.24, 2.45) is 7.05 Å². The van der Waals surface area contributed by atoms with Crippen LogP contribution in [0, 0.1) is 6.92 Å². The number of aryl methyl sites for hydroxylation is 2. The molecule has 170 valence electrons. The van der Waals surface area contributed by atoms with E-state index in [4.69, 9.17) is 4.74 Å². The summed E-state index contributed by atoms with van der Waals surface area (Å²) in [4.78, 5) is 16.8. The summed E-state index contributed by atoms with van der Waals surface area (Å²) in [6.45, 7) is 6.66. The number of hydrogen-bond donors (Lipinski definition) is 0. The first-order valence-corrected chi connectivity index (χ1v) is 11.2. The highest BCUT2D eigenvalue weighted by Crippen LogP contribution is 2.27. The molecule has 8 nitrogen and oxygen atoms in total. The quantitative estimate of drug-likeness (QED) is 0.475. The van der Waals surface area contributed by atoms with Crippen LogP contribution < -0.4 is 4.90 Å². The summed E-state index contributed by atoms with van der Waals surface area (Å²) in [6, 6.07) is 12.3. The molecule has 0 unspecified atom stereocenters. The van der Waals surface area contributed by atoms with E-state index in [1.54, 1.807) is 9.58 Å². The lowest BCUT2D eigenvalue weighted by Gasteiger charge is -2.35. The van der Waals surface area contributed by atoms with Crippen molar-refractivity contribution in [3.05, 3.63) is 72.3 Å². The molecule has 4 heterocycles. The third kappa shape index (κ3) is 4.28. The van der Waals surface area contributed by atoms with Crippen molar-refractivity contribution < 1.29 is 9.53 Å². The molecule has 0 N–H and O–H groups in total. The van der Waals surface area contributed by atoms with Crippen LogP contribution in [-0.2, 0) is 11.8 Å². The Kier molecular flexibility index (Phi) is 5.50. The van der Waals surface area contributed by atoms with Gasteiger partial charge in [-0.25, -0.2) is 9.31 Å². The smallest absolute Gasteiger partial charge is 0.410 e. The van der Waals surface area contributed by atoms with Gasteiger partial charge in [0.1, 0.15) is 6.10 Å². The van der Waals surface area contributed by atoms with Crippen LogP contribution in [0.4, 0.5) is 10.5 Å². The van der Waals surface area contributed by atoms with Crippen LogP contribution in [-0.4, -0.2) is 56.6 Å². The number of fused-ring (bicyclic) bond motifs is 1. The van der Waals surface area contributed by atoms with E-state index < -0.39 is 0 Å². The second-order valence-electron chi connectivity index (χ2n) is 8.59. The van der Waals surface area contributed by atoms with Crippen molar-refractivity contribution in [1.29, 1.82) is 0 Å². The third-order valence-electron chi connectivity index (χ3n) is 6.24. The Bertz CT molecular complexity index is 1270. The molecule has 0 aliphatic carbocycles. The maximum absolute atomic E-state index is 12.7. The molecule has 0 bridgehead atoms. The number of aromatic nitrogens is 4. The van der Waals surface area contributed by atoms with Crippen LogP contribution in [0.5, 0.6) is 0 Å². The van der Waals surface area contributed by atoms with Crippen LogP contribution >= 0.6 is 0 Å². The highest BCUT2D eigenvalue weighted by atomic mass is 16.6. The van der Waals surface area contributed by atoms with Gasteiger partial charge in [-0.1, -0.05) is 35.9 Å². The zero-order valence-electron chi connectivity index (χ0n) is 19.2. The second kappa shape index (κ2) is 8.61. The SMILES string of the molecule is Cc1ccc([C@@H](C)OC(=O)N2CCN(c3cnn4cc(-c5cnn(C)c5)ccc34)CC2)cc1. The molecule has 1 atom stereocenters. The number of amides is 1. The number of anilines is 1. The lowest BCUT2D eigenvalue weighted by atomic mass is 10.1. The Morgan fingerprint density at radius 2 is 1.70 bits per heavy atom. The fourth-order valence-corrected chi connectivity index (χ4v) is 4.22. The Balaban J connectivity index is 1.22. The number of carbonyl (C=O) groups is 1. The first-order valence-electron chi connectivity index (χ1n) is 11.2. The van der Waals surface area contributed by atoms with E-state index in [1.807, 2.05) is 74.5 Å². The van der Waals surface area contributed by atoms with Crippen molar-refractivity contribution in [2.45, 2.75) is 20.0 Å². The van der Waals surface area contributed by atoms with Gasteiger partial charge in [0, 0.05) is 56.7 Å². The van der Waals surface area contributed by atoms with Gasteiger partial charge in [-0.15, -0.1) is 0 Å². The highest BCUT2D eigenvalue weighted by Gasteiger charge is 2.25. The average Bonchev–Trinajstić information content (AvgIpc) is 3.45. The van der Waals surface area contributed by atoms with Gasteiger partial charge in [-0.3, -0.25) is 4.68 Å². The Morgan fingerprint density at radius 3 is 2.39 bits per heavy atom. The van der Waals surface area contributed by atoms with Crippen molar-refractivity contribution in [3.8, 4) is 11.1 Å². The van der Waals surface area contributed by atoms with Crippen LogP contribution in [0.3, 0.4) is 0 Å². The van der Waals surface area contributed by atoms with Gasteiger partial charge in [-0.05, 0) is 25.5 Å². The number of carbonyl (C=O) groups excluding carboxylic acids is 1. The van der Waals surface area contributed by atoms with Gasteiger partial charge in [0.2, 0.25) is 0 Å². The molecule has 5 rings (SSSR count). The minimum atomic E-state index is -0.273. The number of ether oxygens (including phenoxy) is 1. The number of rotatable bonds is 4. The molecule has 0 spiro atoms. The molecule has 33 heavy (non-hydrogen) atoms. The predicted molar refractivity (Wildman–Crippen MR) is 127 cm³/mol. The molecule has 1 aromatic carbocycles. The minimum absolute atomic E-state index is 0.260. The van der Waals surface area contributed by atoms with Crippen LogP contribution in [0.15, 0.2) is 61.2 Å². The summed E-state index contributed by atoms with van der Waals surface area (Å²) in [5.41, 5.74) is 6.45. The Morgan fingerprint density at radius 1 is 0.939 bits per heavy atom. The fraction of sp³-hybridized carbons (Fsp3) is 0.320. The largest absolute Gasteiger partial charge is 0.442 e. The minimum Gasteiger partial charge on any atom is -0.442 e. The fourth-order valence-electron chi connectivity index (χ4n) is 4.22. The molecule has 1 saturated heterocycles. The average molecular weight is 445 g/mol. The Labute approximate surface area is 193 Å². The molecule has 8 heteroatoms. The van der Waals surface area contributed by atoms with Crippen molar-refractivity contribution in [3.63, 3.8) is 0 Å². The van der Waals surface area contributed by atoms with Gasteiger partial charge in [0.15, 0.2) is 0 Å². The van der Waals surface area contributed by atoms with Crippen molar-refractivity contribution >= 4 is 17.3 Å². The van der Waals surface area contributed by atoms with E-state index in [2.05, 4.69) is 27.2 Å². The van der Waals surface area contributed by atoms with Gasteiger partial charge < -0.3 is 14.5 Å². The van der Waals surface area contributed by atoms with Crippen LogP contribution in [0.1, 0.15) is 24.2 Å². The van der Waals surface area contributed by atoms with Crippen LogP contribution in [0.25, 0.3) is 16.6 Å². The van der Waals surface area contributed by atoms with Gasteiger partial charge in [-0.2, -0.15) is 10.2 Å². The standard InChI is InChI=1S/C25H28N6O2/c1-18-4-6-20(7-5-18)19(2)33-25(32)30-12-10-29(11-13-30)24-15-27-31-17-21(8-9-23(24)31)22-14-26-28(3)16-22/h4-9,14-17,19H,10-13H2,1-3H3/t19-/m1/s1. The maximum Gasteiger partial charge on any atom is 0.410 e. The molecule has 1 fully saturated rings. The third-order valence-corrected chi connectivity index (χ3v) is 6.24. The van der Waals surface area contributed by atoms with Crippen LogP contribution in [0.2, 0.25) is 0 Å². The molecule has 0 saturated carbocycles. The summed E-state index contributed by atoms with van der Waals surface area (Å²) in [5.74, 6) is 0. The van der Waals surface area contributed by atoms with Crippen molar-refractivity contribution in [2.75, 3.05) is 31.1 Å². The molecule has 3 aromatic heterocycles. The Hall–Kier alpha value is -3.81. The zero-order chi connectivity index (χ0) is 22.9. The molecule has 1 aliphatic rings. The van der Waals surface area contributed by atoms with Gasteiger partial charge >= 0.3 is 6.09 Å². The molecule has 0 radical (unpaired) electrons. The number of benzene rings is 1. The topological polar surface area (TPSA) is 67.9 Å². The molecular weight excluding hydrogens is 416 g/mol. The summed E-state index contributed by atoms with van der Waals surface area (Å²) < 4.78 is 9.41. The van der Waals surface area contributed by atoms with E-state index in [0.29, 0.717) is 13.1 Å². The number of piperazine rings is 1. The first-order chi connectivity index (χ1) is 16.0. The van der Waals surface area contributed by atoms with E-state index in [-0.39, 0.29) is 12.2 Å². The number of pyridine rings is 1. The lowest BCUT2D eigenvalue weighted by molar-refractivity contribution is 0.0681. The van der Waals surface area contributed by atoms with E-state index >= 15 is 0 Å². The number of nitrogens with zero attached hydrogens (tertiary/aromatic N) is 6. The summed E-state index contributed by atoms with van der Waals surface area (Å²) in [7, 11) is 1.91. The van der Waals surface area contributed by atoms with E-state index in [0.717, 1.165) is 41.0 Å².